The van der Waals surface area contributed by atoms with Crippen molar-refractivity contribution < 1.29 is 24.8 Å². The Morgan fingerprint density at radius 1 is 1.55 bits per heavy atom. The van der Waals surface area contributed by atoms with Gasteiger partial charge in [-0.25, -0.2) is 0 Å². The van der Waals surface area contributed by atoms with E-state index < -0.39 is 0 Å². The maximum absolute atomic E-state index is 5.53. The van der Waals surface area contributed by atoms with Crippen LogP contribution in [0.25, 0.3) is 0 Å². The van der Waals surface area contributed by atoms with E-state index in [-0.39, 0.29) is 24.8 Å². The lowest BCUT2D eigenvalue weighted by molar-refractivity contribution is -0.00100. The molecular formula is C6H11Cl2N3-2. The Morgan fingerprint density at radius 2 is 2.09 bits per heavy atom. The van der Waals surface area contributed by atoms with Crippen LogP contribution in [0.5, 0.6) is 0 Å². The number of hydrogen-bond donors (Lipinski definition) is 1. The summed E-state index contributed by atoms with van der Waals surface area (Å²) in [4.78, 5) is 0. The Hall–Kier alpha value is -0.410. The second-order valence-electron chi connectivity index (χ2n) is 2.00. The van der Waals surface area contributed by atoms with E-state index in [1.165, 1.54) is 0 Å². The normalized spacial score (nSPS) is 8.18. The Kier molecular flexibility index (Phi) is 6.32. The Labute approximate surface area is 78.8 Å². The summed E-state index contributed by atoms with van der Waals surface area (Å²) in [7, 11) is 0. The van der Waals surface area contributed by atoms with Crippen LogP contribution >= 0.6 is 0 Å². The van der Waals surface area contributed by atoms with Crippen LogP contribution in [0.15, 0.2) is 6.20 Å². The lowest BCUT2D eigenvalue weighted by atomic mass is 10.4. The number of halogens is 2. The minimum Gasteiger partial charge on any atom is -1.00 e. The molecule has 0 spiro atoms. The largest absolute Gasteiger partial charge is 1.00 e. The predicted molar refractivity (Wildman–Crippen MR) is 37.1 cm³/mol. The summed E-state index contributed by atoms with van der Waals surface area (Å²) in [5, 5.41) is 4.03. The summed E-state index contributed by atoms with van der Waals surface area (Å²) in [5.74, 6) is 0. The number of nitrogens with zero attached hydrogens (tertiary/aromatic N) is 2. The van der Waals surface area contributed by atoms with Crippen molar-refractivity contribution in [3.05, 3.63) is 11.9 Å². The van der Waals surface area contributed by atoms with Gasteiger partial charge in [0.2, 0.25) is 0 Å². The van der Waals surface area contributed by atoms with Crippen molar-refractivity contribution in [2.75, 3.05) is 5.73 Å². The zero-order chi connectivity index (χ0) is 6.85. The molecule has 0 bridgehead atoms. The van der Waals surface area contributed by atoms with Gasteiger partial charge in [-0.1, -0.05) is 0 Å². The minimum atomic E-state index is 0. The molecule has 1 heterocycles. The number of rotatable bonds is 1. The molecule has 1 aromatic heterocycles. The molecule has 0 aliphatic heterocycles. The SMILES string of the molecule is CCn1ncc(N)c1C.[Cl-].[Cl-]. The highest BCUT2D eigenvalue weighted by Gasteiger charge is 1.97. The van der Waals surface area contributed by atoms with Crippen molar-refractivity contribution in [2.24, 2.45) is 0 Å². The van der Waals surface area contributed by atoms with Crippen molar-refractivity contribution in [2.45, 2.75) is 20.4 Å². The van der Waals surface area contributed by atoms with Gasteiger partial charge in [0.1, 0.15) is 0 Å². The molecule has 0 fully saturated rings. The van der Waals surface area contributed by atoms with Crippen LogP contribution in [0.3, 0.4) is 0 Å². The predicted octanol–water partition coefficient (Wildman–Crippen LogP) is -5.20. The zero-order valence-electron chi connectivity index (χ0n) is 6.51. The topological polar surface area (TPSA) is 43.8 Å². The fourth-order valence-corrected chi connectivity index (χ4v) is 0.780. The van der Waals surface area contributed by atoms with Gasteiger partial charge < -0.3 is 30.5 Å². The minimum absolute atomic E-state index is 0. The van der Waals surface area contributed by atoms with Gasteiger partial charge in [0.15, 0.2) is 0 Å². The summed E-state index contributed by atoms with van der Waals surface area (Å²) in [6.07, 6.45) is 1.68. The van der Waals surface area contributed by atoms with Gasteiger partial charge in [-0.05, 0) is 13.8 Å². The summed E-state index contributed by atoms with van der Waals surface area (Å²) >= 11 is 0. The average Bonchev–Trinajstić information content (AvgIpc) is 2.15. The highest BCUT2D eigenvalue weighted by atomic mass is 35.5. The van der Waals surface area contributed by atoms with Crippen LogP contribution in [0.1, 0.15) is 12.6 Å². The summed E-state index contributed by atoms with van der Waals surface area (Å²) in [6, 6.07) is 0. The molecule has 0 saturated carbocycles. The quantitative estimate of drug-likeness (QED) is 0.488. The first-order valence-electron chi connectivity index (χ1n) is 3.03. The molecule has 0 unspecified atom stereocenters. The van der Waals surface area contributed by atoms with Crippen LogP contribution in [0, 0.1) is 6.92 Å². The van der Waals surface area contributed by atoms with Gasteiger partial charge in [0, 0.05) is 6.54 Å². The van der Waals surface area contributed by atoms with Crippen LogP contribution in [0.2, 0.25) is 0 Å². The Bertz CT molecular complexity index is 210. The van der Waals surface area contributed by atoms with E-state index in [4.69, 9.17) is 5.73 Å². The highest BCUT2D eigenvalue weighted by molar-refractivity contribution is 5.39. The average molecular weight is 196 g/mol. The van der Waals surface area contributed by atoms with Gasteiger partial charge in [-0.15, -0.1) is 0 Å². The molecule has 2 N–H and O–H groups in total. The first-order valence-corrected chi connectivity index (χ1v) is 3.03. The van der Waals surface area contributed by atoms with Crippen molar-refractivity contribution >= 4 is 5.69 Å². The molecule has 66 valence electrons. The molecule has 11 heavy (non-hydrogen) atoms. The van der Waals surface area contributed by atoms with E-state index in [0.717, 1.165) is 17.9 Å². The number of nitrogens with two attached hydrogens (primary N) is 1. The number of anilines is 1. The molecule has 1 aromatic rings. The van der Waals surface area contributed by atoms with E-state index in [0.29, 0.717) is 0 Å². The number of hydrogen-bond acceptors (Lipinski definition) is 2. The Morgan fingerprint density at radius 3 is 2.27 bits per heavy atom. The van der Waals surface area contributed by atoms with Gasteiger partial charge in [0.05, 0.1) is 17.6 Å². The molecule has 0 saturated heterocycles. The first kappa shape index (κ1) is 13.2. The zero-order valence-corrected chi connectivity index (χ0v) is 8.02. The van der Waals surface area contributed by atoms with Crippen LogP contribution < -0.4 is 30.5 Å². The smallest absolute Gasteiger partial charge is 0.0730 e. The monoisotopic (exact) mass is 195 g/mol. The standard InChI is InChI=1S/C6H11N3.2ClH/c1-3-9-5(2)6(7)4-8-9;;/h4H,3,7H2,1-2H3;2*1H/p-2. The highest BCUT2D eigenvalue weighted by Crippen LogP contribution is 2.06. The number of nitrogen functional groups attached to an aromatic ring is 1. The molecule has 1 rings (SSSR count). The molecule has 0 aliphatic rings. The third-order valence-electron chi connectivity index (χ3n) is 1.44. The Balaban J connectivity index is 0. The molecule has 0 radical (unpaired) electrons. The fraction of sp³-hybridized carbons (Fsp3) is 0.500. The summed E-state index contributed by atoms with van der Waals surface area (Å²) in [6.45, 7) is 4.90. The molecule has 5 heteroatoms. The van der Waals surface area contributed by atoms with Gasteiger partial charge in [-0.2, -0.15) is 5.10 Å². The van der Waals surface area contributed by atoms with E-state index in [1.54, 1.807) is 6.20 Å². The van der Waals surface area contributed by atoms with Gasteiger partial charge >= 0.3 is 0 Å². The molecule has 0 aromatic carbocycles. The maximum atomic E-state index is 5.53. The van der Waals surface area contributed by atoms with Crippen molar-refractivity contribution in [1.29, 1.82) is 0 Å². The van der Waals surface area contributed by atoms with E-state index in [2.05, 4.69) is 5.10 Å². The maximum Gasteiger partial charge on any atom is 0.0730 e. The van der Waals surface area contributed by atoms with Gasteiger partial charge in [0.25, 0.3) is 0 Å². The van der Waals surface area contributed by atoms with Crippen molar-refractivity contribution in [3.63, 3.8) is 0 Å². The lowest BCUT2D eigenvalue weighted by Gasteiger charge is -1.96. The number of aromatic nitrogens is 2. The van der Waals surface area contributed by atoms with Crippen LogP contribution in [0.4, 0.5) is 5.69 Å². The lowest BCUT2D eigenvalue weighted by Crippen LogP contribution is -3.00. The van der Waals surface area contributed by atoms with E-state index >= 15 is 0 Å². The molecule has 0 atom stereocenters. The molecular weight excluding hydrogens is 185 g/mol. The van der Waals surface area contributed by atoms with E-state index in [1.807, 2.05) is 18.5 Å². The summed E-state index contributed by atoms with van der Waals surface area (Å²) in [5.41, 5.74) is 7.36. The van der Waals surface area contributed by atoms with Crippen molar-refractivity contribution in [3.8, 4) is 0 Å². The number of aryl methyl sites for hydroxylation is 1. The molecule has 3 nitrogen and oxygen atoms in total. The third-order valence-corrected chi connectivity index (χ3v) is 1.44. The molecule has 0 aliphatic carbocycles. The van der Waals surface area contributed by atoms with Crippen LogP contribution in [-0.4, -0.2) is 9.78 Å². The summed E-state index contributed by atoms with van der Waals surface area (Å²) < 4.78 is 1.87. The second-order valence-corrected chi connectivity index (χ2v) is 2.00. The van der Waals surface area contributed by atoms with Crippen LogP contribution in [-0.2, 0) is 6.54 Å². The van der Waals surface area contributed by atoms with Gasteiger partial charge in [-0.3, -0.25) is 4.68 Å². The first-order chi connectivity index (χ1) is 4.25. The fourth-order valence-electron chi connectivity index (χ4n) is 0.780. The van der Waals surface area contributed by atoms with Crippen molar-refractivity contribution in [1.82, 2.24) is 9.78 Å². The molecule has 0 amide bonds. The van der Waals surface area contributed by atoms with E-state index in [9.17, 15) is 0 Å². The third kappa shape index (κ3) is 2.60. The second kappa shape index (κ2) is 5.27.